The number of rotatable bonds is 2. The van der Waals surface area contributed by atoms with E-state index in [1.165, 1.54) is 19.8 Å². The van der Waals surface area contributed by atoms with E-state index in [-0.39, 0.29) is 11.9 Å². The second kappa shape index (κ2) is 5.67. The van der Waals surface area contributed by atoms with Crippen LogP contribution >= 0.6 is 6.72 Å². The highest BCUT2D eigenvalue weighted by molar-refractivity contribution is 8.07. The summed E-state index contributed by atoms with van der Waals surface area (Å²) in [5.41, 5.74) is 6.70. The minimum absolute atomic E-state index is 0.256. The number of anilines is 1. The molecule has 4 heterocycles. The topological polar surface area (TPSA) is 127 Å². The van der Waals surface area contributed by atoms with Gasteiger partial charge in [-0.25, -0.2) is 15.0 Å². The summed E-state index contributed by atoms with van der Waals surface area (Å²) in [6.07, 6.45) is -0.468. The van der Waals surface area contributed by atoms with Crippen molar-refractivity contribution in [1.29, 1.82) is 0 Å². The van der Waals surface area contributed by atoms with Crippen molar-refractivity contribution in [2.75, 3.05) is 12.8 Å². The predicted octanol–water partition coefficient (Wildman–Crippen LogP) is 0.342. The van der Waals surface area contributed by atoms with Crippen molar-refractivity contribution in [3.05, 3.63) is 12.7 Å². The van der Waals surface area contributed by atoms with Crippen molar-refractivity contribution in [3.8, 4) is 0 Å². The Balaban J connectivity index is 1.71. The van der Waals surface area contributed by atoms with Gasteiger partial charge in [0.25, 0.3) is 0 Å². The second-order valence-corrected chi connectivity index (χ2v) is 8.60. The molecular formula is C12H16N5O5PS. The monoisotopic (exact) mass is 373 g/mol. The molecule has 6 atom stereocenters. The van der Waals surface area contributed by atoms with Gasteiger partial charge in [0.15, 0.2) is 17.7 Å². The number of nitrogens with two attached hydrogens (primary N) is 1. The van der Waals surface area contributed by atoms with Crippen LogP contribution in [-0.2, 0) is 30.1 Å². The largest absolute Gasteiger partial charge is 0.386 e. The second-order valence-electron chi connectivity index (χ2n) is 5.58. The fraction of sp³-hybridized carbons (Fsp3) is 0.583. The molecule has 130 valence electrons. The van der Waals surface area contributed by atoms with Gasteiger partial charge in [0.1, 0.15) is 30.2 Å². The molecule has 2 aliphatic rings. The van der Waals surface area contributed by atoms with E-state index in [0.717, 1.165) is 0 Å². The first-order valence-electron chi connectivity index (χ1n) is 7.22. The predicted molar refractivity (Wildman–Crippen MR) is 86.4 cm³/mol. The van der Waals surface area contributed by atoms with Crippen molar-refractivity contribution in [3.63, 3.8) is 0 Å². The van der Waals surface area contributed by atoms with Gasteiger partial charge in [-0.2, -0.15) is 0 Å². The van der Waals surface area contributed by atoms with Crippen LogP contribution < -0.4 is 5.73 Å². The molecule has 2 aromatic rings. The molecule has 0 radical (unpaired) electrons. The molecule has 2 fully saturated rings. The van der Waals surface area contributed by atoms with E-state index in [4.69, 9.17) is 35.8 Å². The first-order valence-corrected chi connectivity index (χ1v) is 9.78. The Bertz CT molecular complexity index is 833. The van der Waals surface area contributed by atoms with Gasteiger partial charge in [0, 0.05) is 7.11 Å². The number of nitrogen functional groups attached to an aromatic ring is 1. The minimum Gasteiger partial charge on any atom is -0.386 e. The zero-order chi connectivity index (χ0) is 17.1. The standard InChI is InChI=1S/C12H16N5O5PS/c1-5-8-9(22-23(24,19-2)21-5)7(18)12(20-8)17-4-16-6-10(13)14-3-15-11(6)17/h3-5,7-9,12,18H,1-2H3,(H2,13,14,15). The zero-order valence-corrected chi connectivity index (χ0v) is 14.6. The fourth-order valence-electron chi connectivity index (χ4n) is 2.99. The van der Waals surface area contributed by atoms with E-state index in [1.54, 1.807) is 4.57 Å². The van der Waals surface area contributed by atoms with Crippen molar-refractivity contribution < 1.29 is 23.4 Å². The lowest BCUT2D eigenvalue weighted by atomic mass is 10.1. The van der Waals surface area contributed by atoms with Crippen LogP contribution in [0.2, 0.25) is 0 Å². The Morgan fingerprint density at radius 1 is 1.33 bits per heavy atom. The number of hydrogen-bond donors (Lipinski definition) is 2. The molecule has 0 amide bonds. The molecule has 24 heavy (non-hydrogen) atoms. The summed E-state index contributed by atoms with van der Waals surface area (Å²) in [5, 5.41) is 10.7. The average Bonchev–Trinajstić information content (AvgIpc) is 3.11. The minimum atomic E-state index is -2.89. The summed E-state index contributed by atoms with van der Waals surface area (Å²) >= 11 is 5.26. The van der Waals surface area contributed by atoms with Crippen LogP contribution in [0.1, 0.15) is 13.2 Å². The molecule has 12 heteroatoms. The Kier molecular flexibility index (Phi) is 3.84. The number of ether oxygens (including phenoxy) is 1. The molecule has 2 saturated heterocycles. The summed E-state index contributed by atoms with van der Waals surface area (Å²) in [4.78, 5) is 12.3. The van der Waals surface area contributed by atoms with Crippen LogP contribution in [0.4, 0.5) is 5.82 Å². The van der Waals surface area contributed by atoms with Crippen molar-refractivity contribution >= 4 is 35.5 Å². The van der Waals surface area contributed by atoms with Crippen LogP contribution in [0.3, 0.4) is 0 Å². The van der Waals surface area contributed by atoms with Gasteiger partial charge in [0.05, 0.1) is 12.4 Å². The molecule has 0 aliphatic carbocycles. The number of imidazole rings is 1. The van der Waals surface area contributed by atoms with E-state index in [9.17, 15) is 5.11 Å². The third-order valence-electron chi connectivity index (χ3n) is 4.14. The van der Waals surface area contributed by atoms with Crippen LogP contribution in [0.5, 0.6) is 0 Å². The van der Waals surface area contributed by atoms with Crippen molar-refractivity contribution in [2.24, 2.45) is 0 Å². The van der Waals surface area contributed by atoms with Crippen molar-refractivity contribution in [2.45, 2.75) is 37.6 Å². The maximum absolute atomic E-state index is 10.7. The average molecular weight is 373 g/mol. The number of fused-ring (bicyclic) bond motifs is 2. The van der Waals surface area contributed by atoms with Crippen LogP contribution in [0.25, 0.3) is 11.2 Å². The Hall–Kier alpha value is -1.20. The normalized spacial score (nSPS) is 39.2. The number of nitrogens with zero attached hydrogens (tertiary/aromatic N) is 4. The molecule has 3 N–H and O–H groups in total. The maximum atomic E-state index is 10.7. The fourth-order valence-corrected chi connectivity index (χ4v) is 4.98. The van der Waals surface area contributed by atoms with E-state index >= 15 is 0 Å². The highest BCUT2D eigenvalue weighted by atomic mass is 32.5. The lowest BCUT2D eigenvalue weighted by Gasteiger charge is -2.36. The number of aliphatic hydroxyl groups excluding tert-OH is 1. The quantitative estimate of drug-likeness (QED) is 0.712. The number of aliphatic hydroxyl groups is 1. The van der Waals surface area contributed by atoms with Gasteiger partial charge in [-0.05, 0) is 18.7 Å². The smallest absolute Gasteiger partial charge is 0.327 e. The van der Waals surface area contributed by atoms with E-state index in [0.29, 0.717) is 11.2 Å². The lowest BCUT2D eigenvalue weighted by Crippen LogP contribution is -2.43. The molecule has 0 bridgehead atoms. The summed E-state index contributed by atoms with van der Waals surface area (Å²) in [5.74, 6) is 0.256. The van der Waals surface area contributed by atoms with E-state index in [1.807, 2.05) is 6.92 Å². The Morgan fingerprint density at radius 3 is 2.88 bits per heavy atom. The molecule has 6 unspecified atom stereocenters. The van der Waals surface area contributed by atoms with Crippen molar-refractivity contribution in [1.82, 2.24) is 19.5 Å². The van der Waals surface area contributed by atoms with Gasteiger partial charge in [-0.1, -0.05) is 0 Å². The summed E-state index contributed by atoms with van der Waals surface area (Å²) < 4.78 is 24.1. The zero-order valence-electron chi connectivity index (χ0n) is 12.8. The molecule has 10 nitrogen and oxygen atoms in total. The van der Waals surface area contributed by atoms with E-state index in [2.05, 4.69) is 15.0 Å². The maximum Gasteiger partial charge on any atom is 0.327 e. The molecule has 0 saturated carbocycles. The van der Waals surface area contributed by atoms with E-state index < -0.39 is 31.3 Å². The summed E-state index contributed by atoms with van der Waals surface area (Å²) in [6.45, 7) is -1.09. The Labute approximate surface area is 142 Å². The van der Waals surface area contributed by atoms with Gasteiger partial charge >= 0.3 is 6.72 Å². The number of aromatic nitrogens is 4. The van der Waals surface area contributed by atoms with Gasteiger partial charge in [-0.3, -0.25) is 9.09 Å². The Morgan fingerprint density at radius 2 is 2.12 bits per heavy atom. The SMILES string of the molecule is COP1(=S)OC(C)C2OC(n3cnc4c(N)ncnc43)C(O)C2O1. The molecule has 2 aromatic heterocycles. The third-order valence-corrected chi connectivity index (χ3v) is 6.65. The van der Waals surface area contributed by atoms with Crippen LogP contribution in [0.15, 0.2) is 12.7 Å². The molecule has 0 aromatic carbocycles. The third kappa shape index (κ3) is 2.36. The highest BCUT2D eigenvalue weighted by Crippen LogP contribution is 2.58. The highest BCUT2D eigenvalue weighted by Gasteiger charge is 2.54. The first-order chi connectivity index (χ1) is 11.4. The molecule has 0 spiro atoms. The summed E-state index contributed by atoms with van der Waals surface area (Å²) in [6, 6.07) is 0. The number of hydrogen-bond acceptors (Lipinski definition) is 10. The first kappa shape index (κ1) is 16.3. The van der Waals surface area contributed by atoms with Gasteiger partial charge in [-0.15, -0.1) is 0 Å². The lowest BCUT2D eigenvalue weighted by molar-refractivity contribution is -0.0922. The van der Waals surface area contributed by atoms with Crippen LogP contribution in [-0.4, -0.2) is 56.2 Å². The molecular weight excluding hydrogens is 357 g/mol. The summed E-state index contributed by atoms with van der Waals surface area (Å²) in [7, 11) is 1.43. The molecule has 2 aliphatic heterocycles. The van der Waals surface area contributed by atoms with Crippen LogP contribution in [0, 0.1) is 0 Å². The van der Waals surface area contributed by atoms with Gasteiger partial charge < -0.3 is 24.6 Å². The van der Waals surface area contributed by atoms with Gasteiger partial charge in [0.2, 0.25) is 0 Å². The molecule has 4 rings (SSSR count).